The van der Waals surface area contributed by atoms with Crippen LogP contribution in [-0.4, -0.2) is 37.2 Å². The molecule has 0 aliphatic rings. The van der Waals surface area contributed by atoms with E-state index >= 15 is 0 Å². The van der Waals surface area contributed by atoms with Gasteiger partial charge in [-0.15, -0.1) is 0 Å². The Bertz CT molecular complexity index is 1450. The van der Waals surface area contributed by atoms with Crippen LogP contribution < -0.4 is 0 Å². The van der Waals surface area contributed by atoms with Crippen molar-refractivity contribution in [2.24, 2.45) is 0 Å². The van der Waals surface area contributed by atoms with Crippen LogP contribution in [0, 0.1) is 0 Å². The number of carbonyl (C=O) groups is 3. The maximum atomic E-state index is 12.9. The van der Waals surface area contributed by atoms with Crippen molar-refractivity contribution in [2.45, 2.75) is 361 Å². The zero-order chi connectivity index (χ0) is 57.1. The van der Waals surface area contributed by atoms with Crippen molar-refractivity contribution in [1.82, 2.24) is 0 Å². The molecule has 79 heavy (non-hydrogen) atoms. The molecule has 0 aromatic rings. The molecule has 0 rings (SSSR count). The monoisotopic (exact) mass is 1100 g/mol. The molecule has 0 aliphatic heterocycles. The van der Waals surface area contributed by atoms with Gasteiger partial charge in [0.15, 0.2) is 6.10 Å². The highest BCUT2D eigenvalue weighted by atomic mass is 16.6. The Balaban J connectivity index is 4.31. The van der Waals surface area contributed by atoms with Gasteiger partial charge in [-0.3, -0.25) is 14.4 Å². The van der Waals surface area contributed by atoms with Gasteiger partial charge < -0.3 is 14.2 Å². The van der Waals surface area contributed by atoms with Crippen molar-refractivity contribution < 1.29 is 28.6 Å². The van der Waals surface area contributed by atoms with Crippen molar-refractivity contribution in [3.8, 4) is 0 Å². The lowest BCUT2D eigenvalue weighted by molar-refractivity contribution is -0.167. The number of ether oxygens (including phenoxy) is 3. The van der Waals surface area contributed by atoms with Gasteiger partial charge in [-0.05, 0) is 116 Å². The SMILES string of the molecule is CCCCC/C=C\C/C=C\CCCCCCCCCC(=O)OC(COC(=O)CCCCCCCCC/C=C\CCCCCCCC)COC(=O)CCCCCCCCCCCCCC/C=C\C/C=C\C/C=C\CCCCCCC. The minimum atomic E-state index is -0.784. The molecule has 0 amide bonds. The van der Waals surface area contributed by atoms with Gasteiger partial charge in [0, 0.05) is 19.3 Å². The summed E-state index contributed by atoms with van der Waals surface area (Å²) in [6.45, 7) is 6.63. The molecule has 0 fully saturated rings. The van der Waals surface area contributed by atoms with E-state index in [1.54, 1.807) is 0 Å². The lowest BCUT2D eigenvalue weighted by Crippen LogP contribution is -2.30. The van der Waals surface area contributed by atoms with Crippen LogP contribution in [0.15, 0.2) is 72.9 Å². The third-order valence-electron chi connectivity index (χ3n) is 15.2. The van der Waals surface area contributed by atoms with Crippen molar-refractivity contribution in [3.63, 3.8) is 0 Å². The third-order valence-corrected chi connectivity index (χ3v) is 15.2. The normalized spacial score (nSPS) is 12.5. The highest BCUT2D eigenvalue weighted by Crippen LogP contribution is 2.17. The molecule has 0 spiro atoms. The summed E-state index contributed by atoms with van der Waals surface area (Å²) >= 11 is 0. The fourth-order valence-electron chi connectivity index (χ4n) is 9.95. The molecule has 1 atom stereocenters. The van der Waals surface area contributed by atoms with Gasteiger partial charge in [-0.25, -0.2) is 0 Å². The molecule has 0 bridgehead atoms. The van der Waals surface area contributed by atoms with Gasteiger partial charge in [0.25, 0.3) is 0 Å². The molecular weight excluding hydrogens is 973 g/mol. The summed E-state index contributed by atoms with van der Waals surface area (Å²) in [5, 5.41) is 0. The molecule has 0 heterocycles. The number of rotatable bonds is 63. The van der Waals surface area contributed by atoms with E-state index in [0.29, 0.717) is 19.3 Å². The highest BCUT2D eigenvalue weighted by Gasteiger charge is 2.19. The lowest BCUT2D eigenvalue weighted by Gasteiger charge is -2.18. The fourth-order valence-corrected chi connectivity index (χ4v) is 9.95. The van der Waals surface area contributed by atoms with Crippen LogP contribution in [0.3, 0.4) is 0 Å². The van der Waals surface area contributed by atoms with E-state index in [2.05, 4.69) is 93.7 Å². The molecule has 0 saturated heterocycles. The average Bonchev–Trinajstić information content (AvgIpc) is 3.45. The van der Waals surface area contributed by atoms with Crippen LogP contribution in [0.4, 0.5) is 0 Å². The maximum absolute atomic E-state index is 12.9. The number of esters is 3. The largest absolute Gasteiger partial charge is 0.462 e. The number of hydrogen-bond acceptors (Lipinski definition) is 6. The van der Waals surface area contributed by atoms with Crippen molar-refractivity contribution in [1.29, 1.82) is 0 Å². The minimum absolute atomic E-state index is 0.0790. The number of allylic oxidation sites excluding steroid dienone is 12. The number of unbranched alkanes of at least 4 members (excludes halogenated alkanes) is 40. The van der Waals surface area contributed by atoms with E-state index in [1.165, 1.54) is 231 Å². The van der Waals surface area contributed by atoms with Crippen LogP contribution in [0.2, 0.25) is 0 Å². The summed E-state index contributed by atoms with van der Waals surface area (Å²) < 4.78 is 17.0. The van der Waals surface area contributed by atoms with Gasteiger partial charge in [0.05, 0.1) is 0 Å². The van der Waals surface area contributed by atoms with E-state index in [-0.39, 0.29) is 31.1 Å². The second kappa shape index (κ2) is 67.4. The molecule has 0 aromatic carbocycles. The molecule has 0 saturated carbocycles. The zero-order valence-electron chi connectivity index (χ0n) is 52.6. The Labute approximate surface area is 491 Å². The first kappa shape index (κ1) is 75.8. The van der Waals surface area contributed by atoms with Crippen LogP contribution in [0.5, 0.6) is 0 Å². The Morgan fingerprint density at radius 1 is 0.253 bits per heavy atom. The first-order chi connectivity index (χ1) is 39.0. The average molecular weight is 1100 g/mol. The fraction of sp³-hybridized carbons (Fsp3) is 0.795. The molecule has 0 aliphatic carbocycles. The summed E-state index contributed by atoms with van der Waals surface area (Å²) in [5.41, 5.74) is 0. The van der Waals surface area contributed by atoms with Crippen LogP contribution in [0.25, 0.3) is 0 Å². The molecule has 6 heteroatoms. The first-order valence-electron chi connectivity index (χ1n) is 34.4. The molecule has 0 radical (unpaired) electrons. The first-order valence-corrected chi connectivity index (χ1v) is 34.4. The van der Waals surface area contributed by atoms with E-state index in [9.17, 15) is 14.4 Å². The van der Waals surface area contributed by atoms with Crippen LogP contribution in [0.1, 0.15) is 355 Å². The standard InChI is InChI=1S/C73H130O6/c1-4-7-10-13-16-19-22-25-28-31-32-33-34-35-36-37-38-39-40-43-45-48-51-54-57-60-63-66-72(75)78-69-70(79-73(76)67-64-61-58-55-52-49-46-42-30-27-24-21-18-15-12-9-6-3)68-77-71(74)65-62-59-56-53-50-47-44-41-29-26-23-20-17-14-11-8-5-2/h18,21-22,25-27,29-32,34-35,70H,4-17,19-20,23-24,28,33,36-69H2,1-3H3/b21-18-,25-22-,29-26-,30-27-,32-31-,35-34-. The Kier molecular flexibility index (Phi) is 64.7. The third kappa shape index (κ3) is 65.5. The predicted molar refractivity (Wildman–Crippen MR) is 344 cm³/mol. The maximum Gasteiger partial charge on any atom is 0.306 e. The summed E-state index contributed by atoms with van der Waals surface area (Å²) in [7, 11) is 0. The summed E-state index contributed by atoms with van der Waals surface area (Å²) in [4.78, 5) is 38.4. The Morgan fingerprint density at radius 2 is 0.456 bits per heavy atom. The topological polar surface area (TPSA) is 78.9 Å². The zero-order valence-corrected chi connectivity index (χ0v) is 52.6. The molecule has 6 nitrogen and oxygen atoms in total. The second-order valence-electron chi connectivity index (χ2n) is 23.1. The van der Waals surface area contributed by atoms with Gasteiger partial charge in [0.2, 0.25) is 0 Å². The van der Waals surface area contributed by atoms with Gasteiger partial charge in [-0.2, -0.15) is 0 Å². The highest BCUT2D eigenvalue weighted by molar-refractivity contribution is 5.71. The van der Waals surface area contributed by atoms with Crippen molar-refractivity contribution in [2.75, 3.05) is 13.2 Å². The van der Waals surface area contributed by atoms with E-state index < -0.39 is 6.10 Å². The van der Waals surface area contributed by atoms with E-state index in [0.717, 1.165) is 83.5 Å². The van der Waals surface area contributed by atoms with Crippen molar-refractivity contribution in [3.05, 3.63) is 72.9 Å². The lowest BCUT2D eigenvalue weighted by atomic mass is 10.0. The van der Waals surface area contributed by atoms with Crippen LogP contribution >= 0.6 is 0 Å². The molecule has 458 valence electrons. The smallest absolute Gasteiger partial charge is 0.306 e. The second-order valence-corrected chi connectivity index (χ2v) is 23.1. The van der Waals surface area contributed by atoms with E-state index in [4.69, 9.17) is 14.2 Å². The summed E-state index contributed by atoms with van der Waals surface area (Å²) in [5.74, 6) is -0.875. The number of carbonyl (C=O) groups excluding carboxylic acids is 3. The Hall–Kier alpha value is -3.15. The molecular formula is C73H130O6. The van der Waals surface area contributed by atoms with Gasteiger partial charge in [0.1, 0.15) is 13.2 Å². The summed E-state index contributed by atoms with van der Waals surface area (Å²) in [6, 6.07) is 0. The molecule has 0 aromatic heterocycles. The van der Waals surface area contributed by atoms with Gasteiger partial charge >= 0.3 is 17.9 Å². The van der Waals surface area contributed by atoms with E-state index in [1.807, 2.05) is 0 Å². The molecule has 0 N–H and O–H groups in total. The predicted octanol–water partition coefficient (Wildman–Crippen LogP) is 23.7. The number of hydrogen-bond donors (Lipinski definition) is 0. The van der Waals surface area contributed by atoms with Crippen LogP contribution in [-0.2, 0) is 28.6 Å². The quantitative estimate of drug-likeness (QED) is 0.0261. The molecule has 1 unspecified atom stereocenters. The van der Waals surface area contributed by atoms with Gasteiger partial charge in [-0.1, -0.05) is 293 Å². The van der Waals surface area contributed by atoms with Crippen molar-refractivity contribution >= 4 is 17.9 Å². The Morgan fingerprint density at radius 3 is 0.747 bits per heavy atom. The minimum Gasteiger partial charge on any atom is -0.462 e. The summed E-state index contributed by atoms with van der Waals surface area (Å²) in [6.07, 6.45) is 87.7.